The second kappa shape index (κ2) is 11.4. The van der Waals surface area contributed by atoms with Crippen LogP contribution in [-0.2, 0) is 24.4 Å². The van der Waals surface area contributed by atoms with Gasteiger partial charge in [0, 0.05) is 32.1 Å². The van der Waals surface area contributed by atoms with E-state index in [1.54, 1.807) is 0 Å². The Labute approximate surface area is 210 Å². The van der Waals surface area contributed by atoms with E-state index in [0.717, 1.165) is 44.9 Å². The quantitative estimate of drug-likeness (QED) is 0.489. The Morgan fingerprint density at radius 1 is 0.857 bits per heavy atom. The molecule has 0 radical (unpaired) electrons. The molecule has 0 spiro atoms. The standard InChI is InChI=1S/C31H39N3O/c1-24-7-6-16-34(21-24)22-26-9-4-8-25(19-26)20-32-31(35)28-14-17-33(18-15-28)23-29-12-5-11-27-10-2-3-13-30(27)29/h2-5,8-13,19,24,28H,6-7,14-18,20-23H2,1H3,(H,32,35). The lowest BCUT2D eigenvalue weighted by Gasteiger charge is -2.31. The molecule has 2 saturated heterocycles. The number of piperidine rings is 2. The van der Waals surface area contributed by atoms with Crippen molar-refractivity contribution >= 4 is 16.7 Å². The Kier molecular flexibility index (Phi) is 7.80. The fraction of sp³-hybridized carbons (Fsp3) is 0.452. The summed E-state index contributed by atoms with van der Waals surface area (Å²) in [7, 11) is 0. The summed E-state index contributed by atoms with van der Waals surface area (Å²) in [6.45, 7) is 9.30. The highest BCUT2D eigenvalue weighted by atomic mass is 16.1. The zero-order chi connectivity index (χ0) is 24.0. The third-order valence-corrected chi connectivity index (χ3v) is 7.84. The van der Waals surface area contributed by atoms with Crippen molar-refractivity contribution in [2.45, 2.75) is 52.2 Å². The minimum Gasteiger partial charge on any atom is -0.352 e. The van der Waals surface area contributed by atoms with Crippen molar-refractivity contribution in [1.29, 1.82) is 0 Å². The van der Waals surface area contributed by atoms with E-state index < -0.39 is 0 Å². The highest BCUT2D eigenvalue weighted by molar-refractivity contribution is 5.85. The molecular formula is C31H39N3O. The van der Waals surface area contributed by atoms with Crippen molar-refractivity contribution in [2.24, 2.45) is 11.8 Å². The third-order valence-electron chi connectivity index (χ3n) is 7.84. The van der Waals surface area contributed by atoms with Gasteiger partial charge < -0.3 is 5.32 Å². The first-order valence-electron chi connectivity index (χ1n) is 13.4. The molecule has 2 heterocycles. The molecule has 1 N–H and O–H groups in total. The summed E-state index contributed by atoms with van der Waals surface area (Å²) in [6.07, 6.45) is 4.52. The maximum Gasteiger partial charge on any atom is 0.223 e. The number of hydrogen-bond acceptors (Lipinski definition) is 3. The summed E-state index contributed by atoms with van der Waals surface area (Å²) in [5, 5.41) is 5.86. The van der Waals surface area contributed by atoms with Crippen LogP contribution in [0.1, 0.15) is 49.3 Å². The molecule has 1 unspecified atom stereocenters. The molecule has 4 heteroatoms. The van der Waals surface area contributed by atoms with Crippen LogP contribution in [0.15, 0.2) is 66.7 Å². The maximum atomic E-state index is 12.9. The monoisotopic (exact) mass is 469 g/mol. The van der Waals surface area contributed by atoms with Gasteiger partial charge in [-0.1, -0.05) is 73.7 Å². The first-order chi connectivity index (χ1) is 17.1. The Hall–Kier alpha value is -2.69. The number of nitrogens with zero attached hydrogens (tertiary/aromatic N) is 2. The average Bonchev–Trinajstić information content (AvgIpc) is 2.88. The fourth-order valence-electron chi connectivity index (χ4n) is 5.88. The molecule has 35 heavy (non-hydrogen) atoms. The molecule has 0 bridgehead atoms. The maximum absolute atomic E-state index is 12.9. The van der Waals surface area contributed by atoms with Crippen LogP contribution in [0.2, 0.25) is 0 Å². The molecule has 3 aromatic rings. The molecule has 2 aliphatic heterocycles. The van der Waals surface area contributed by atoms with Crippen LogP contribution < -0.4 is 5.32 Å². The van der Waals surface area contributed by atoms with Crippen molar-refractivity contribution in [1.82, 2.24) is 15.1 Å². The fourth-order valence-corrected chi connectivity index (χ4v) is 5.88. The van der Waals surface area contributed by atoms with Crippen LogP contribution in [-0.4, -0.2) is 41.9 Å². The van der Waals surface area contributed by atoms with E-state index in [2.05, 4.69) is 88.8 Å². The molecule has 2 fully saturated rings. The zero-order valence-corrected chi connectivity index (χ0v) is 21.1. The first-order valence-corrected chi connectivity index (χ1v) is 13.4. The minimum atomic E-state index is 0.122. The lowest BCUT2D eigenvalue weighted by atomic mass is 9.95. The Morgan fingerprint density at radius 3 is 2.49 bits per heavy atom. The van der Waals surface area contributed by atoms with Crippen LogP contribution in [0.4, 0.5) is 0 Å². The number of carbonyl (C=O) groups excluding carboxylic acids is 1. The number of nitrogens with one attached hydrogen (secondary N) is 1. The molecule has 4 nitrogen and oxygen atoms in total. The number of benzene rings is 3. The van der Waals surface area contributed by atoms with Crippen molar-refractivity contribution in [2.75, 3.05) is 26.2 Å². The van der Waals surface area contributed by atoms with Crippen LogP contribution in [0, 0.1) is 11.8 Å². The van der Waals surface area contributed by atoms with Gasteiger partial charge in [-0.3, -0.25) is 14.6 Å². The van der Waals surface area contributed by atoms with Crippen molar-refractivity contribution in [3.63, 3.8) is 0 Å². The van der Waals surface area contributed by atoms with Crippen molar-refractivity contribution in [3.8, 4) is 0 Å². The second-order valence-corrected chi connectivity index (χ2v) is 10.7. The van der Waals surface area contributed by atoms with Crippen LogP contribution in [0.3, 0.4) is 0 Å². The number of likely N-dealkylation sites (tertiary alicyclic amines) is 2. The van der Waals surface area contributed by atoms with E-state index in [1.807, 2.05) is 0 Å². The summed E-state index contributed by atoms with van der Waals surface area (Å²) < 4.78 is 0. The normalized spacial score (nSPS) is 20.2. The SMILES string of the molecule is CC1CCCN(Cc2cccc(CNC(=O)C3CCN(Cc4cccc5ccccc45)CC3)c2)C1. The summed E-state index contributed by atoms with van der Waals surface area (Å²) in [5.74, 6) is 1.13. The molecule has 2 aliphatic rings. The molecule has 1 amide bonds. The van der Waals surface area contributed by atoms with Crippen molar-refractivity contribution < 1.29 is 4.79 Å². The second-order valence-electron chi connectivity index (χ2n) is 10.7. The molecule has 184 valence electrons. The number of amides is 1. The van der Waals surface area contributed by atoms with Crippen LogP contribution in [0.25, 0.3) is 10.8 Å². The van der Waals surface area contributed by atoms with Gasteiger partial charge in [0.05, 0.1) is 0 Å². The minimum absolute atomic E-state index is 0.122. The van der Waals surface area contributed by atoms with Gasteiger partial charge in [0.25, 0.3) is 0 Å². The van der Waals surface area contributed by atoms with Gasteiger partial charge >= 0.3 is 0 Å². The molecule has 0 aliphatic carbocycles. The van der Waals surface area contributed by atoms with E-state index in [-0.39, 0.29) is 11.8 Å². The highest BCUT2D eigenvalue weighted by Gasteiger charge is 2.25. The molecule has 0 aromatic heterocycles. The van der Waals surface area contributed by atoms with Gasteiger partial charge in [-0.15, -0.1) is 0 Å². The molecule has 0 saturated carbocycles. The summed E-state index contributed by atoms with van der Waals surface area (Å²) in [6, 6.07) is 23.9. The summed E-state index contributed by atoms with van der Waals surface area (Å²) in [5.41, 5.74) is 3.94. The van der Waals surface area contributed by atoms with Gasteiger partial charge in [-0.2, -0.15) is 0 Å². The van der Waals surface area contributed by atoms with Crippen LogP contribution >= 0.6 is 0 Å². The van der Waals surface area contributed by atoms with Gasteiger partial charge in [0.1, 0.15) is 0 Å². The highest BCUT2D eigenvalue weighted by Crippen LogP contribution is 2.24. The molecular weight excluding hydrogens is 430 g/mol. The first kappa shape index (κ1) is 24.0. The smallest absolute Gasteiger partial charge is 0.223 e. The predicted octanol–water partition coefficient (Wildman–Crippen LogP) is 5.60. The number of rotatable bonds is 7. The number of carbonyl (C=O) groups is 1. The van der Waals surface area contributed by atoms with Gasteiger partial charge in [-0.25, -0.2) is 0 Å². The van der Waals surface area contributed by atoms with Crippen LogP contribution in [0.5, 0.6) is 0 Å². The lowest BCUT2D eigenvalue weighted by molar-refractivity contribution is -0.126. The number of hydrogen-bond donors (Lipinski definition) is 1. The predicted molar refractivity (Wildman–Crippen MR) is 144 cm³/mol. The van der Waals surface area contributed by atoms with Crippen molar-refractivity contribution in [3.05, 3.63) is 83.4 Å². The Morgan fingerprint density at radius 2 is 1.63 bits per heavy atom. The summed E-state index contributed by atoms with van der Waals surface area (Å²) >= 11 is 0. The van der Waals surface area contributed by atoms with E-state index >= 15 is 0 Å². The largest absolute Gasteiger partial charge is 0.352 e. The average molecular weight is 470 g/mol. The summed E-state index contributed by atoms with van der Waals surface area (Å²) in [4.78, 5) is 18.0. The van der Waals surface area contributed by atoms with Gasteiger partial charge in [-0.05, 0) is 78.7 Å². The third kappa shape index (κ3) is 6.31. The lowest BCUT2D eigenvalue weighted by Crippen LogP contribution is -2.40. The van der Waals surface area contributed by atoms with Gasteiger partial charge in [0.15, 0.2) is 0 Å². The van der Waals surface area contributed by atoms with E-state index in [4.69, 9.17) is 0 Å². The Bertz CT molecular complexity index is 1130. The topological polar surface area (TPSA) is 35.6 Å². The van der Waals surface area contributed by atoms with E-state index in [1.165, 1.54) is 53.4 Å². The molecule has 1 atom stereocenters. The van der Waals surface area contributed by atoms with Gasteiger partial charge in [0.2, 0.25) is 5.91 Å². The van der Waals surface area contributed by atoms with E-state index in [0.29, 0.717) is 6.54 Å². The van der Waals surface area contributed by atoms with E-state index in [9.17, 15) is 4.79 Å². The number of fused-ring (bicyclic) bond motifs is 1. The molecule has 3 aromatic carbocycles. The zero-order valence-electron chi connectivity index (χ0n) is 21.1. The molecule has 5 rings (SSSR count). The Balaban J connectivity index is 1.09.